The number of hydrogen-bond acceptors (Lipinski definition) is 5. The number of amides is 1. The van der Waals surface area contributed by atoms with Crippen LogP contribution in [0, 0.1) is 12.8 Å². The molecule has 1 aliphatic carbocycles. The van der Waals surface area contributed by atoms with Crippen LogP contribution < -0.4 is 10.2 Å². The third-order valence-electron chi connectivity index (χ3n) is 7.50. The number of hydrogen-bond donors (Lipinski definition) is 1. The largest absolute Gasteiger partial charge is 0.497 e. The molecule has 5 rings (SSSR count). The monoisotopic (exact) mass is 492 g/mol. The molecule has 0 spiro atoms. The molecule has 1 N–H and O–H groups in total. The maximum atomic E-state index is 13.3. The first-order chi connectivity index (χ1) is 17.1. The second kappa shape index (κ2) is 11.0. The van der Waals surface area contributed by atoms with Gasteiger partial charge in [-0.05, 0) is 68.9 Å². The Morgan fingerprint density at radius 1 is 1.09 bits per heavy atom. The van der Waals surface area contributed by atoms with Crippen LogP contribution >= 0.6 is 11.3 Å². The number of thiazole rings is 1. The van der Waals surface area contributed by atoms with E-state index in [1.165, 1.54) is 38.5 Å². The fourth-order valence-corrected chi connectivity index (χ4v) is 6.24. The van der Waals surface area contributed by atoms with Crippen LogP contribution in [0.25, 0.3) is 22.0 Å². The summed E-state index contributed by atoms with van der Waals surface area (Å²) in [6.45, 7) is 4.90. The number of aromatic nitrogens is 2. The van der Waals surface area contributed by atoms with Crippen LogP contribution in [0.5, 0.6) is 5.75 Å². The quantitative estimate of drug-likeness (QED) is 0.420. The van der Waals surface area contributed by atoms with Crippen molar-refractivity contribution in [1.82, 2.24) is 20.0 Å². The van der Waals surface area contributed by atoms with Crippen molar-refractivity contribution >= 4 is 17.2 Å². The highest BCUT2D eigenvalue weighted by Gasteiger charge is 2.24. The van der Waals surface area contributed by atoms with Crippen molar-refractivity contribution in [3.8, 4) is 27.7 Å². The van der Waals surface area contributed by atoms with Gasteiger partial charge in [0.2, 0.25) is 0 Å². The highest BCUT2D eigenvalue weighted by molar-refractivity contribution is 7.13. The Morgan fingerprint density at radius 3 is 2.51 bits per heavy atom. The molecule has 186 valence electrons. The van der Waals surface area contributed by atoms with Crippen LogP contribution in [0.3, 0.4) is 0 Å². The van der Waals surface area contributed by atoms with Crippen LogP contribution in [0.15, 0.2) is 35.7 Å². The number of nitrogens with one attached hydrogen (secondary N) is 1. The van der Waals surface area contributed by atoms with Gasteiger partial charge in [0.05, 0.1) is 24.1 Å². The molecule has 1 aromatic carbocycles. The van der Waals surface area contributed by atoms with Crippen molar-refractivity contribution in [2.45, 2.75) is 64.8 Å². The molecule has 0 radical (unpaired) electrons. The summed E-state index contributed by atoms with van der Waals surface area (Å²) in [7, 11) is 1.68. The Labute approximate surface area is 212 Å². The molecule has 3 heterocycles. The second-order valence-corrected chi connectivity index (χ2v) is 10.8. The topological polar surface area (TPSA) is 59.4 Å². The van der Waals surface area contributed by atoms with E-state index in [9.17, 15) is 4.79 Å². The zero-order valence-corrected chi connectivity index (χ0v) is 21.7. The molecule has 0 unspecified atom stereocenters. The predicted molar refractivity (Wildman–Crippen MR) is 142 cm³/mol. The Bertz CT molecular complexity index is 1140. The molecule has 0 bridgehead atoms. The number of hydrazine groups is 1. The lowest BCUT2D eigenvalue weighted by molar-refractivity contribution is 0.0749. The van der Waals surface area contributed by atoms with E-state index in [1.54, 1.807) is 18.4 Å². The Hall–Kier alpha value is -2.64. The third-order valence-corrected chi connectivity index (χ3v) is 8.39. The number of benzene rings is 1. The zero-order chi connectivity index (χ0) is 24.2. The van der Waals surface area contributed by atoms with Crippen LogP contribution in [0.2, 0.25) is 0 Å². The van der Waals surface area contributed by atoms with Crippen molar-refractivity contribution in [2.75, 3.05) is 20.2 Å². The second-order valence-electron chi connectivity index (χ2n) is 9.90. The van der Waals surface area contributed by atoms with Gasteiger partial charge in [-0.2, -0.15) is 0 Å². The first kappa shape index (κ1) is 24.1. The third kappa shape index (κ3) is 5.46. The normalized spacial score (nSPS) is 17.4. The minimum Gasteiger partial charge on any atom is -0.497 e. The lowest BCUT2D eigenvalue weighted by Crippen LogP contribution is -2.45. The molecule has 2 aromatic heterocycles. The highest BCUT2D eigenvalue weighted by atomic mass is 32.1. The maximum absolute atomic E-state index is 13.3. The van der Waals surface area contributed by atoms with E-state index in [-0.39, 0.29) is 5.91 Å². The summed E-state index contributed by atoms with van der Waals surface area (Å²) in [4.78, 5) is 18.3. The fraction of sp³-hybridized carbons (Fsp3) is 0.500. The van der Waals surface area contributed by atoms with Gasteiger partial charge in [0, 0.05) is 36.3 Å². The Kier molecular flexibility index (Phi) is 7.54. The summed E-state index contributed by atoms with van der Waals surface area (Å²) in [5.41, 5.74) is 8.04. The molecule has 7 heteroatoms. The summed E-state index contributed by atoms with van der Waals surface area (Å²) in [5.74, 6) is 1.50. The molecule has 1 aliphatic heterocycles. The van der Waals surface area contributed by atoms with Crippen LogP contribution in [-0.4, -0.2) is 40.7 Å². The number of carbonyl (C=O) groups is 1. The maximum Gasteiger partial charge on any atom is 0.267 e. The number of methoxy groups -OCH3 is 1. The van der Waals surface area contributed by atoms with E-state index in [2.05, 4.69) is 33.4 Å². The molecule has 1 amide bonds. The lowest BCUT2D eigenvalue weighted by atomic mass is 9.89. The zero-order valence-electron chi connectivity index (χ0n) is 20.9. The van der Waals surface area contributed by atoms with Gasteiger partial charge < -0.3 is 9.30 Å². The summed E-state index contributed by atoms with van der Waals surface area (Å²) in [5, 5.41) is 5.18. The standard InChI is InChI=1S/C28H36N4O2S/c1-20-24(27(33)30-31-15-7-4-8-16-31)17-26(32(20)18-21-9-5-3-6-10-21)25-19-35-28(29-25)22-11-13-23(34-2)14-12-22/h11-14,17,19,21H,3-10,15-16,18H2,1-2H3,(H,30,33). The van der Waals surface area contributed by atoms with Crippen molar-refractivity contribution in [3.63, 3.8) is 0 Å². The average Bonchev–Trinajstić information content (AvgIpc) is 3.51. The van der Waals surface area contributed by atoms with Gasteiger partial charge in [0.15, 0.2) is 0 Å². The van der Waals surface area contributed by atoms with Crippen molar-refractivity contribution in [2.24, 2.45) is 5.92 Å². The number of nitrogens with zero attached hydrogens (tertiary/aromatic N) is 3. The Morgan fingerprint density at radius 2 is 1.80 bits per heavy atom. The molecule has 3 aromatic rings. The fourth-order valence-electron chi connectivity index (χ4n) is 5.42. The highest BCUT2D eigenvalue weighted by Crippen LogP contribution is 2.34. The first-order valence-electron chi connectivity index (χ1n) is 13.0. The van der Waals surface area contributed by atoms with E-state index >= 15 is 0 Å². The summed E-state index contributed by atoms with van der Waals surface area (Å²) in [6.07, 6.45) is 10.0. The molecule has 6 nitrogen and oxygen atoms in total. The molecule has 2 fully saturated rings. The molecule has 1 saturated heterocycles. The summed E-state index contributed by atoms with van der Waals surface area (Å²) >= 11 is 1.64. The number of rotatable bonds is 7. The van der Waals surface area contributed by atoms with E-state index in [0.29, 0.717) is 5.92 Å². The van der Waals surface area contributed by atoms with E-state index < -0.39 is 0 Å². The molecular weight excluding hydrogens is 456 g/mol. The van der Waals surface area contributed by atoms with E-state index in [4.69, 9.17) is 9.72 Å². The van der Waals surface area contributed by atoms with Gasteiger partial charge in [-0.15, -0.1) is 11.3 Å². The van der Waals surface area contributed by atoms with E-state index in [1.807, 2.05) is 24.3 Å². The van der Waals surface area contributed by atoms with Gasteiger partial charge >= 0.3 is 0 Å². The van der Waals surface area contributed by atoms with Gasteiger partial charge in [-0.25, -0.2) is 9.99 Å². The first-order valence-corrected chi connectivity index (χ1v) is 13.9. The summed E-state index contributed by atoms with van der Waals surface area (Å²) < 4.78 is 7.65. The smallest absolute Gasteiger partial charge is 0.267 e. The van der Waals surface area contributed by atoms with Crippen LogP contribution in [0.4, 0.5) is 0 Å². The van der Waals surface area contributed by atoms with Gasteiger partial charge in [0.25, 0.3) is 5.91 Å². The van der Waals surface area contributed by atoms with Gasteiger partial charge in [-0.3, -0.25) is 10.2 Å². The van der Waals surface area contributed by atoms with Crippen LogP contribution in [-0.2, 0) is 6.54 Å². The lowest BCUT2D eigenvalue weighted by Gasteiger charge is -2.27. The number of ether oxygens (including phenoxy) is 1. The average molecular weight is 493 g/mol. The molecule has 0 atom stereocenters. The number of piperidine rings is 1. The minimum absolute atomic E-state index is 0.00125. The van der Waals surface area contributed by atoms with Crippen molar-refractivity contribution in [1.29, 1.82) is 0 Å². The molecular formula is C28H36N4O2S. The molecule has 35 heavy (non-hydrogen) atoms. The molecule has 1 saturated carbocycles. The van der Waals surface area contributed by atoms with E-state index in [0.717, 1.165) is 71.4 Å². The minimum atomic E-state index is -0.00125. The molecule has 2 aliphatic rings. The van der Waals surface area contributed by atoms with Crippen molar-refractivity contribution < 1.29 is 9.53 Å². The summed E-state index contributed by atoms with van der Waals surface area (Å²) in [6, 6.07) is 10.1. The van der Waals surface area contributed by atoms with Gasteiger partial charge in [0.1, 0.15) is 10.8 Å². The van der Waals surface area contributed by atoms with Gasteiger partial charge in [-0.1, -0.05) is 25.7 Å². The van der Waals surface area contributed by atoms with Crippen LogP contribution in [0.1, 0.15) is 67.4 Å². The predicted octanol–water partition coefficient (Wildman–Crippen LogP) is 6.31. The number of carbonyl (C=O) groups excluding carboxylic acids is 1. The van der Waals surface area contributed by atoms with Crippen molar-refractivity contribution in [3.05, 3.63) is 47.0 Å². The Balaban J connectivity index is 1.45. The SMILES string of the molecule is COc1ccc(-c2nc(-c3cc(C(=O)NN4CCCCC4)c(C)n3CC3CCCCC3)cs2)cc1.